The van der Waals surface area contributed by atoms with Crippen LogP contribution < -0.4 is 14.5 Å². The van der Waals surface area contributed by atoms with E-state index in [1.165, 1.54) is 22.3 Å². The van der Waals surface area contributed by atoms with E-state index in [4.69, 9.17) is 9.72 Å². The number of rotatable bonds is 7. The first-order valence-electron chi connectivity index (χ1n) is 24.3. The maximum absolute atomic E-state index is 6.98. The minimum atomic E-state index is -0.195. The molecule has 0 radical (unpaired) electrons. The van der Waals surface area contributed by atoms with Crippen molar-refractivity contribution in [3.05, 3.63) is 199 Å². The van der Waals surface area contributed by atoms with Crippen molar-refractivity contribution in [1.82, 2.24) is 9.55 Å². The van der Waals surface area contributed by atoms with Crippen LogP contribution in [0.5, 0.6) is 11.5 Å². The number of hydrogen-bond acceptors (Lipinski definition) is 4. The second kappa shape index (κ2) is 18.1. The van der Waals surface area contributed by atoms with E-state index in [1.54, 1.807) is 0 Å². The standard InChI is InChI=1S/C64H63N4O.Pt/c1-61(2,3)45-30-31-65-59(38-45)68-56-29-26-44(42-20-15-13-16-21-42)32-55(56)54-28-27-51(40-58(54)68)69-52-37-48(64(10,11)12)36-50(39-52)66-41-67(49-34-46(62(4,5)6)33-47(35-49)63(7,8)9)60-53(24-19-25-57(60)66)43-22-17-14-18-23-43;/h13-38,41H,1-12H3;/q-3;. The minimum Gasteiger partial charge on any atom is -0.509 e. The average molecular weight is 1100 g/mol. The Morgan fingerprint density at radius 3 is 1.76 bits per heavy atom. The van der Waals surface area contributed by atoms with Crippen molar-refractivity contribution >= 4 is 44.6 Å². The van der Waals surface area contributed by atoms with Crippen molar-refractivity contribution in [1.29, 1.82) is 0 Å². The number of pyridine rings is 1. The summed E-state index contributed by atoms with van der Waals surface area (Å²) in [7, 11) is 0. The largest absolute Gasteiger partial charge is 0.509 e. The van der Waals surface area contributed by atoms with Crippen molar-refractivity contribution in [2.24, 2.45) is 0 Å². The maximum atomic E-state index is 6.98. The summed E-state index contributed by atoms with van der Waals surface area (Å²) < 4.78 is 9.21. The smallest absolute Gasteiger partial charge is 0.135 e. The molecule has 1 aliphatic heterocycles. The molecule has 10 rings (SSSR count). The molecule has 0 aliphatic carbocycles. The van der Waals surface area contributed by atoms with Crippen LogP contribution in [0.2, 0.25) is 0 Å². The quantitative estimate of drug-likeness (QED) is 0.149. The van der Waals surface area contributed by atoms with E-state index in [1.807, 2.05) is 12.3 Å². The Bertz CT molecular complexity index is 3350. The summed E-state index contributed by atoms with van der Waals surface area (Å²) in [6.07, 6.45) is 1.92. The second-order valence-corrected chi connectivity index (χ2v) is 22.8. The fourth-order valence-corrected chi connectivity index (χ4v) is 9.37. The van der Waals surface area contributed by atoms with Gasteiger partial charge in [-0.05, 0) is 96.8 Å². The zero-order chi connectivity index (χ0) is 48.6. The number of para-hydroxylation sites is 1. The maximum Gasteiger partial charge on any atom is 0.135 e. The molecule has 7 aromatic carbocycles. The Morgan fingerprint density at radius 2 is 1.11 bits per heavy atom. The number of ether oxygens (including phenoxy) is 1. The number of benzene rings is 7. The van der Waals surface area contributed by atoms with E-state index < -0.39 is 0 Å². The van der Waals surface area contributed by atoms with Gasteiger partial charge in [0.2, 0.25) is 0 Å². The fraction of sp³-hybridized carbons (Fsp3) is 0.250. The Balaban J connectivity index is 0.00000608. The minimum absolute atomic E-state index is 0. The molecule has 0 fully saturated rings. The Labute approximate surface area is 430 Å². The second-order valence-electron chi connectivity index (χ2n) is 22.8. The van der Waals surface area contributed by atoms with Crippen LogP contribution >= 0.6 is 0 Å². The van der Waals surface area contributed by atoms with Crippen molar-refractivity contribution in [2.75, 3.05) is 9.80 Å². The van der Waals surface area contributed by atoms with Crippen LogP contribution in [0, 0.1) is 18.8 Å². The van der Waals surface area contributed by atoms with E-state index >= 15 is 0 Å². The number of hydrogen-bond donors (Lipinski definition) is 0. The van der Waals surface area contributed by atoms with Crippen LogP contribution in [0.25, 0.3) is 49.9 Å². The molecule has 6 heteroatoms. The third-order valence-corrected chi connectivity index (χ3v) is 13.5. The van der Waals surface area contributed by atoms with Crippen LogP contribution in [0.15, 0.2) is 158 Å². The van der Waals surface area contributed by atoms with E-state index in [0.29, 0.717) is 11.5 Å². The summed E-state index contributed by atoms with van der Waals surface area (Å²) in [6, 6.07) is 62.2. The molecule has 358 valence electrons. The molecule has 2 aromatic heterocycles. The number of nitrogens with zero attached hydrogens (tertiary/aromatic N) is 4. The van der Waals surface area contributed by atoms with Gasteiger partial charge < -0.3 is 19.1 Å². The molecule has 0 amide bonds. The van der Waals surface area contributed by atoms with Crippen molar-refractivity contribution in [2.45, 2.75) is 105 Å². The number of anilines is 4. The van der Waals surface area contributed by atoms with Crippen LogP contribution in [0.3, 0.4) is 0 Å². The van der Waals surface area contributed by atoms with Gasteiger partial charge in [-0.2, -0.15) is 6.07 Å². The summed E-state index contributed by atoms with van der Waals surface area (Å²) in [5, 5.41) is 2.21. The first-order chi connectivity index (χ1) is 32.7. The molecule has 0 saturated heterocycles. The summed E-state index contributed by atoms with van der Waals surface area (Å²) in [6.45, 7) is 29.5. The molecule has 0 spiro atoms. The summed E-state index contributed by atoms with van der Waals surface area (Å²) in [4.78, 5) is 9.64. The molecule has 3 heterocycles. The van der Waals surface area contributed by atoms with Gasteiger partial charge in [0.15, 0.2) is 0 Å². The summed E-state index contributed by atoms with van der Waals surface area (Å²) >= 11 is 0. The SMILES string of the molecule is CC(C)(C)c1cc(Oc2[c-]c3c(cc2)c2cc(-c4ccccc4)ccc2n3-c2cc(C(C)(C)C)ccn2)[c-]c(N2[CH-]N(c3cc(C(C)(C)C)cc(C(C)(C)C)c3)c3c(-c4ccccc4)cccc32)c1.[Pt]. The molecule has 70 heavy (non-hydrogen) atoms. The van der Waals surface area contributed by atoms with Gasteiger partial charge in [-0.3, -0.25) is 0 Å². The van der Waals surface area contributed by atoms with Gasteiger partial charge >= 0.3 is 0 Å². The molecule has 5 nitrogen and oxygen atoms in total. The Hall–Kier alpha value is -6.42. The molecule has 0 bridgehead atoms. The fourth-order valence-electron chi connectivity index (χ4n) is 9.37. The Kier molecular flexibility index (Phi) is 12.5. The first kappa shape index (κ1) is 48.6. The first-order valence-corrected chi connectivity index (χ1v) is 24.3. The van der Waals surface area contributed by atoms with Crippen LogP contribution in [-0.4, -0.2) is 9.55 Å². The van der Waals surface area contributed by atoms with E-state index in [0.717, 1.165) is 72.6 Å². The molecular weight excluding hydrogens is 1040 g/mol. The molecular formula is C64H63N4OPt-3. The predicted octanol–water partition coefficient (Wildman–Crippen LogP) is 17.5. The summed E-state index contributed by atoms with van der Waals surface area (Å²) in [5.41, 5.74) is 15.4. The van der Waals surface area contributed by atoms with Gasteiger partial charge in [-0.1, -0.05) is 180 Å². The molecule has 9 aromatic rings. The Morgan fingerprint density at radius 1 is 0.486 bits per heavy atom. The van der Waals surface area contributed by atoms with Crippen LogP contribution in [0.1, 0.15) is 105 Å². The number of fused-ring (bicyclic) bond motifs is 4. The zero-order valence-corrected chi connectivity index (χ0v) is 44.9. The third-order valence-electron chi connectivity index (χ3n) is 13.5. The van der Waals surface area contributed by atoms with Gasteiger partial charge in [0.1, 0.15) is 5.82 Å². The molecule has 0 unspecified atom stereocenters. The van der Waals surface area contributed by atoms with E-state index in [9.17, 15) is 0 Å². The summed E-state index contributed by atoms with van der Waals surface area (Å²) in [5.74, 6) is 2.06. The van der Waals surface area contributed by atoms with Gasteiger partial charge in [0, 0.05) is 66.9 Å². The third kappa shape index (κ3) is 9.34. The van der Waals surface area contributed by atoms with Crippen molar-refractivity contribution < 1.29 is 25.8 Å². The van der Waals surface area contributed by atoms with E-state index in [-0.39, 0.29) is 42.7 Å². The van der Waals surface area contributed by atoms with Crippen molar-refractivity contribution in [3.63, 3.8) is 0 Å². The van der Waals surface area contributed by atoms with Gasteiger partial charge in [-0.25, -0.2) is 4.98 Å². The zero-order valence-electron chi connectivity index (χ0n) is 42.6. The van der Waals surface area contributed by atoms with Crippen LogP contribution in [0.4, 0.5) is 22.7 Å². The topological polar surface area (TPSA) is 33.5 Å². The van der Waals surface area contributed by atoms with Gasteiger partial charge in [-0.15, -0.1) is 53.6 Å². The molecule has 1 aliphatic rings. The number of aromatic nitrogens is 2. The molecule has 0 N–H and O–H groups in total. The van der Waals surface area contributed by atoms with Crippen molar-refractivity contribution in [3.8, 4) is 39.6 Å². The van der Waals surface area contributed by atoms with Crippen LogP contribution in [-0.2, 0) is 42.7 Å². The molecule has 0 saturated carbocycles. The van der Waals surface area contributed by atoms with Gasteiger partial charge in [0.05, 0.1) is 0 Å². The molecule has 0 atom stereocenters. The van der Waals surface area contributed by atoms with E-state index in [2.05, 4.69) is 262 Å². The monoisotopic (exact) mass is 1100 g/mol. The average Bonchev–Trinajstić information content (AvgIpc) is 3.87. The normalized spacial score (nSPS) is 13.2. The van der Waals surface area contributed by atoms with Gasteiger partial charge in [0.25, 0.3) is 0 Å². The predicted molar refractivity (Wildman–Crippen MR) is 290 cm³/mol.